The summed E-state index contributed by atoms with van der Waals surface area (Å²) in [5.74, 6) is 1.89. The summed E-state index contributed by atoms with van der Waals surface area (Å²) in [6, 6.07) is 2.05. The van der Waals surface area contributed by atoms with Gasteiger partial charge in [0.05, 0.1) is 12.1 Å². The van der Waals surface area contributed by atoms with Crippen LogP contribution >= 0.6 is 0 Å². The third-order valence-electron chi connectivity index (χ3n) is 3.25. The van der Waals surface area contributed by atoms with Crippen LogP contribution in [0, 0.1) is 6.92 Å². The fourth-order valence-corrected chi connectivity index (χ4v) is 1.67. The molecule has 0 aliphatic heterocycles. The summed E-state index contributed by atoms with van der Waals surface area (Å²) in [5, 5.41) is 3.26. The molecule has 0 saturated heterocycles. The molecule has 0 spiro atoms. The number of hydrogen-bond acceptors (Lipinski definition) is 4. The zero-order valence-electron chi connectivity index (χ0n) is 12.8. The van der Waals surface area contributed by atoms with Crippen molar-refractivity contribution in [3.63, 3.8) is 0 Å². The van der Waals surface area contributed by atoms with Gasteiger partial charge in [-0.1, -0.05) is 6.92 Å². The predicted molar refractivity (Wildman–Crippen MR) is 76.2 cm³/mol. The molecule has 0 radical (unpaired) electrons. The fraction of sp³-hybridized carbons (Fsp3) is 0.733. The maximum Gasteiger partial charge on any atom is 0.130 e. The zero-order chi connectivity index (χ0) is 14.3. The van der Waals surface area contributed by atoms with Crippen LogP contribution in [-0.4, -0.2) is 25.9 Å². The van der Waals surface area contributed by atoms with Crippen LogP contribution < -0.4 is 5.32 Å². The molecule has 0 amide bonds. The molecule has 0 aromatic carbocycles. The molecule has 0 aliphatic carbocycles. The van der Waals surface area contributed by atoms with Gasteiger partial charge in [-0.3, -0.25) is 0 Å². The molecule has 0 unspecified atom stereocenters. The highest BCUT2D eigenvalue weighted by molar-refractivity contribution is 5.19. The van der Waals surface area contributed by atoms with E-state index in [0.29, 0.717) is 13.2 Å². The van der Waals surface area contributed by atoms with Crippen LogP contribution in [0.5, 0.6) is 0 Å². The summed E-state index contributed by atoms with van der Waals surface area (Å²) < 4.78 is 16.7. The van der Waals surface area contributed by atoms with Gasteiger partial charge in [0.1, 0.15) is 18.1 Å². The van der Waals surface area contributed by atoms with Crippen LogP contribution in [0.25, 0.3) is 0 Å². The lowest BCUT2D eigenvalue weighted by Crippen LogP contribution is -2.24. The molecule has 1 heterocycles. The van der Waals surface area contributed by atoms with E-state index in [9.17, 15) is 0 Å². The van der Waals surface area contributed by atoms with E-state index in [0.717, 1.165) is 31.0 Å². The Morgan fingerprint density at radius 1 is 1.37 bits per heavy atom. The molecular formula is C15H27NO3. The van der Waals surface area contributed by atoms with Crippen LogP contribution in [0.4, 0.5) is 0 Å². The minimum absolute atomic E-state index is 0.130. The average molecular weight is 269 g/mol. The van der Waals surface area contributed by atoms with Crippen molar-refractivity contribution in [1.82, 2.24) is 5.32 Å². The Bertz CT molecular complexity index is 371. The smallest absolute Gasteiger partial charge is 0.130 e. The molecule has 0 atom stereocenters. The summed E-state index contributed by atoms with van der Waals surface area (Å²) in [6.45, 7) is 11.2. The number of aryl methyl sites for hydroxylation is 1. The van der Waals surface area contributed by atoms with E-state index in [2.05, 4.69) is 33.0 Å². The van der Waals surface area contributed by atoms with Crippen molar-refractivity contribution in [1.29, 1.82) is 0 Å². The van der Waals surface area contributed by atoms with Crippen LogP contribution in [-0.2, 0) is 22.6 Å². The predicted octanol–water partition coefficient (Wildman–Crippen LogP) is 3.03. The molecule has 4 heteroatoms. The maximum absolute atomic E-state index is 5.76. The quantitative estimate of drug-likeness (QED) is 0.700. The highest BCUT2D eigenvalue weighted by Gasteiger charge is 2.15. The standard InChI is InChI=1S/C15H27NO3/c1-6-16-10-14-12(2)9-13(19-14)11-18-8-7-15(3,4)17-5/h9,16H,6-8,10-11H2,1-5H3. The third kappa shape index (κ3) is 5.76. The molecule has 0 fully saturated rings. The second-order valence-corrected chi connectivity index (χ2v) is 5.37. The number of hydrogen-bond donors (Lipinski definition) is 1. The Morgan fingerprint density at radius 2 is 2.11 bits per heavy atom. The maximum atomic E-state index is 5.76. The van der Waals surface area contributed by atoms with Crippen molar-refractivity contribution in [2.45, 2.75) is 52.9 Å². The molecule has 0 saturated carbocycles. The lowest BCUT2D eigenvalue weighted by molar-refractivity contribution is -0.0144. The van der Waals surface area contributed by atoms with Crippen molar-refractivity contribution in [2.75, 3.05) is 20.3 Å². The second kappa shape index (κ2) is 7.68. The molecule has 19 heavy (non-hydrogen) atoms. The Labute approximate surface area is 116 Å². The van der Waals surface area contributed by atoms with Crippen LogP contribution in [0.3, 0.4) is 0 Å². The first-order valence-corrected chi connectivity index (χ1v) is 6.90. The number of methoxy groups -OCH3 is 1. The summed E-state index contributed by atoms with van der Waals surface area (Å²) in [5.41, 5.74) is 1.05. The Balaban J connectivity index is 2.33. The molecule has 4 nitrogen and oxygen atoms in total. The molecule has 0 bridgehead atoms. The molecular weight excluding hydrogens is 242 g/mol. The Morgan fingerprint density at radius 3 is 2.74 bits per heavy atom. The molecule has 1 aromatic heterocycles. The number of furan rings is 1. The van der Waals surface area contributed by atoms with Crippen LogP contribution in [0.15, 0.2) is 10.5 Å². The van der Waals surface area contributed by atoms with Gasteiger partial charge in [0, 0.05) is 13.7 Å². The van der Waals surface area contributed by atoms with E-state index >= 15 is 0 Å². The molecule has 110 valence electrons. The summed E-state index contributed by atoms with van der Waals surface area (Å²) >= 11 is 0. The first-order chi connectivity index (χ1) is 8.98. The second-order valence-electron chi connectivity index (χ2n) is 5.37. The van der Waals surface area contributed by atoms with E-state index in [1.807, 2.05) is 6.07 Å². The summed E-state index contributed by atoms with van der Waals surface area (Å²) in [7, 11) is 1.73. The van der Waals surface area contributed by atoms with Gasteiger partial charge in [-0.2, -0.15) is 0 Å². The SMILES string of the molecule is CCNCc1oc(COCCC(C)(C)OC)cc1C. The minimum Gasteiger partial charge on any atom is -0.462 e. The average Bonchev–Trinajstić information content (AvgIpc) is 2.73. The van der Waals surface area contributed by atoms with E-state index in [1.54, 1.807) is 7.11 Å². The first kappa shape index (κ1) is 16.2. The Kier molecular flexibility index (Phi) is 6.55. The normalized spacial score (nSPS) is 12.1. The van der Waals surface area contributed by atoms with Gasteiger partial charge in [-0.05, 0) is 45.4 Å². The number of rotatable bonds is 9. The molecule has 1 N–H and O–H groups in total. The Hall–Kier alpha value is -0.840. The highest BCUT2D eigenvalue weighted by Crippen LogP contribution is 2.17. The lowest BCUT2D eigenvalue weighted by Gasteiger charge is -2.22. The lowest BCUT2D eigenvalue weighted by atomic mass is 10.1. The van der Waals surface area contributed by atoms with Crippen molar-refractivity contribution >= 4 is 0 Å². The van der Waals surface area contributed by atoms with Gasteiger partial charge >= 0.3 is 0 Å². The van der Waals surface area contributed by atoms with Gasteiger partial charge in [-0.15, -0.1) is 0 Å². The number of nitrogens with one attached hydrogen (secondary N) is 1. The van der Waals surface area contributed by atoms with Crippen LogP contribution in [0.2, 0.25) is 0 Å². The van der Waals surface area contributed by atoms with Crippen molar-refractivity contribution < 1.29 is 13.9 Å². The highest BCUT2D eigenvalue weighted by atomic mass is 16.5. The van der Waals surface area contributed by atoms with Crippen LogP contribution in [0.1, 0.15) is 44.3 Å². The van der Waals surface area contributed by atoms with Crippen molar-refractivity contribution in [3.05, 3.63) is 23.2 Å². The van der Waals surface area contributed by atoms with Gasteiger partial charge in [0.25, 0.3) is 0 Å². The molecule has 1 aromatic rings. The van der Waals surface area contributed by atoms with Gasteiger partial charge in [0.15, 0.2) is 0 Å². The van der Waals surface area contributed by atoms with Crippen molar-refractivity contribution in [2.24, 2.45) is 0 Å². The van der Waals surface area contributed by atoms with E-state index in [1.165, 1.54) is 5.56 Å². The van der Waals surface area contributed by atoms with Gasteiger partial charge in [0.2, 0.25) is 0 Å². The molecule has 0 aliphatic rings. The topological polar surface area (TPSA) is 43.6 Å². The number of ether oxygens (including phenoxy) is 2. The summed E-state index contributed by atoms with van der Waals surface area (Å²) in [6.07, 6.45) is 0.868. The third-order valence-corrected chi connectivity index (χ3v) is 3.25. The summed E-state index contributed by atoms with van der Waals surface area (Å²) in [4.78, 5) is 0. The van der Waals surface area contributed by atoms with E-state index in [-0.39, 0.29) is 5.60 Å². The van der Waals surface area contributed by atoms with Gasteiger partial charge < -0.3 is 19.2 Å². The monoisotopic (exact) mass is 269 g/mol. The van der Waals surface area contributed by atoms with E-state index < -0.39 is 0 Å². The fourth-order valence-electron chi connectivity index (χ4n) is 1.67. The van der Waals surface area contributed by atoms with E-state index in [4.69, 9.17) is 13.9 Å². The first-order valence-electron chi connectivity index (χ1n) is 6.90. The largest absolute Gasteiger partial charge is 0.462 e. The zero-order valence-corrected chi connectivity index (χ0v) is 12.8. The molecule has 1 rings (SSSR count). The van der Waals surface area contributed by atoms with Gasteiger partial charge in [-0.25, -0.2) is 0 Å². The van der Waals surface area contributed by atoms with Crippen molar-refractivity contribution in [3.8, 4) is 0 Å². The minimum atomic E-state index is -0.130.